The highest BCUT2D eigenvalue weighted by Crippen LogP contribution is 2.38. The van der Waals surface area contributed by atoms with E-state index in [4.69, 9.17) is 17.3 Å². The molecule has 5 nitrogen and oxygen atoms in total. The average molecular weight is 306 g/mol. The summed E-state index contributed by atoms with van der Waals surface area (Å²) in [6, 6.07) is 5.89. The van der Waals surface area contributed by atoms with Crippen LogP contribution in [-0.2, 0) is 0 Å². The van der Waals surface area contributed by atoms with Crippen molar-refractivity contribution in [3.8, 4) is 11.4 Å². The first-order valence-electron chi connectivity index (χ1n) is 7.39. The Kier molecular flexibility index (Phi) is 3.85. The molecule has 0 amide bonds. The van der Waals surface area contributed by atoms with E-state index in [0.717, 1.165) is 23.7 Å². The summed E-state index contributed by atoms with van der Waals surface area (Å²) >= 11 is 6.11. The Hall–Kier alpha value is -1.62. The Morgan fingerprint density at radius 3 is 2.81 bits per heavy atom. The van der Waals surface area contributed by atoms with Gasteiger partial charge in [-0.3, -0.25) is 0 Å². The zero-order valence-corrected chi connectivity index (χ0v) is 13.1. The van der Waals surface area contributed by atoms with Crippen molar-refractivity contribution in [1.82, 2.24) is 20.2 Å². The average Bonchev–Trinajstić information content (AvgIpc) is 2.91. The highest BCUT2D eigenvalue weighted by atomic mass is 35.5. The smallest absolute Gasteiger partial charge is 0.182 e. The van der Waals surface area contributed by atoms with Crippen molar-refractivity contribution in [3.63, 3.8) is 0 Å². The zero-order chi connectivity index (χ0) is 15.0. The van der Waals surface area contributed by atoms with Gasteiger partial charge < -0.3 is 5.73 Å². The van der Waals surface area contributed by atoms with Crippen LogP contribution in [0.2, 0.25) is 5.02 Å². The van der Waals surface area contributed by atoms with E-state index in [1.165, 1.54) is 12.8 Å². The number of hydrogen-bond donors (Lipinski definition) is 1. The van der Waals surface area contributed by atoms with Crippen molar-refractivity contribution >= 4 is 17.3 Å². The Bertz CT molecular complexity index is 639. The van der Waals surface area contributed by atoms with Crippen LogP contribution >= 0.6 is 11.6 Å². The van der Waals surface area contributed by atoms with Gasteiger partial charge in [0.25, 0.3) is 0 Å². The maximum absolute atomic E-state index is 6.11. The van der Waals surface area contributed by atoms with Crippen LogP contribution in [0.3, 0.4) is 0 Å². The second-order valence-corrected chi connectivity index (χ2v) is 6.55. The number of tetrazole rings is 1. The summed E-state index contributed by atoms with van der Waals surface area (Å²) < 4.78 is 1.96. The lowest BCUT2D eigenvalue weighted by atomic mass is 9.80. The van der Waals surface area contributed by atoms with Gasteiger partial charge in [-0.05, 0) is 59.7 Å². The molecule has 1 aliphatic carbocycles. The van der Waals surface area contributed by atoms with E-state index in [-0.39, 0.29) is 0 Å². The van der Waals surface area contributed by atoms with Gasteiger partial charge in [0.2, 0.25) is 0 Å². The molecular formula is C15H20ClN5. The summed E-state index contributed by atoms with van der Waals surface area (Å²) in [4.78, 5) is 0. The number of nitrogens with two attached hydrogens (primary N) is 1. The molecule has 3 unspecified atom stereocenters. The number of halogens is 1. The summed E-state index contributed by atoms with van der Waals surface area (Å²) in [5.74, 6) is 2.12. The predicted molar refractivity (Wildman–Crippen MR) is 83.9 cm³/mol. The van der Waals surface area contributed by atoms with Crippen molar-refractivity contribution in [2.45, 2.75) is 39.2 Å². The predicted octanol–water partition coefficient (Wildman–Crippen LogP) is 3.57. The monoisotopic (exact) mass is 305 g/mol. The lowest BCUT2D eigenvalue weighted by Gasteiger charge is -2.32. The van der Waals surface area contributed by atoms with Gasteiger partial charge in [0.05, 0.1) is 16.8 Å². The Labute approximate surface area is 129 Å². The number of aromatic nitrogens is 4. The van der Waals surface area contributed by atoms with E-state index in [2.05, 4.69) is 29.4 Å². The maximum atomic E-state index is 6.11. The molecule has 1 aliphatic rings. The summed E-state index contributed by atoms with van der Waals surface area (Å²) in [6.07, 6.45) is 3.55. The summed E-state index contributed by atoms with van der Waals surface area (Å²) in [5, 5.41) is 12.8. The zero-order valence-electron chi connectivity index (χ0n) is 12.3. The summed E-state index contributed by atoms with van der Waals surface area (Å²) in [6.45, 7) is 4.59. The fraction of sp³-hybridized carbons (Fsp3) is 0.533. The molecule has 2 aromatic rings. The van der Waals surface area contributed by atoms with Gasteiger partial charge in [0, 0.05) is 5.56 Å². The topological polar surface area (TPSA) is 69.6 Å². The van der Waals surface area contributed by atoms with Crippen LogP contribution < -0.4 is 5.73 Å². The molecule has 2 N–H and O–H groups in total. The first kappa shape index (κ1) is 14.3. The van der Waals surface area contributed by atoms with Gasteiger partial charge in [-0.15, -0.1) is 5.10 Å². The van der Waals surface area contributed by atoms with Gasteiger partial charge >= 0.3 is 0 Å². The van der Waals surface area contributed by atoms with E-state index in [0.29, 0.717) is 22.7 Å². The number of rotatable bonds is 2. The third-order valence-electron chi connectivity index (χ3n) is 4.45. The highest BCUT2D eigenvalue weighted by molar-refractivity contribution is 6.33. The molecule has 3 rings (SSSR count). The van der Waals surface area contributed by atoms with Gasteiger partial charge in [0.1, 0.15) is 0 Å². The summed E-state index contributed by atoms with van der Waals surface area (Å²) in [5.41, 5.74) is 7.25. The molecular weight excluding hydrogens is 286 g/mol. The number of hydrogen-bond acceptors (Lipinski definition) is 4. The van der Waals surface area contributed by atoms with Gasteiger partial charge in [-0.1, -0.05) is 25.4 Å². The Balaban J connectivity index is 1.95. The summed E-state index contributed by atoms with van der Waals surface area (Å²) in [7, 11) is 0. The van der Waals surface area contributed by atoms with E-state index in [1.807, 2.05) is 16.8 Å². The largest absolute Gasteiger partial charge is 0.398 e. The van der Waals surface area contributed by atoms with Crippen molar-refractivity contribution in [3.05, 3.63) is 23.2 Å². The van der Waals surface area contributed by atoms with Gasteiger partial charge in [-0.2, -0.15) is 0 Å². The first-order chi connectivity index (χ1) is 10.1. The molecule has 1 saturated carbocycles. The van der Waals surface area contributed by atoms with Gasteiger partial charge in [-0.25, -0.2) is 4.68 Å². The molecule has 3 atom stereocenters. The minimum atomic E-state index is 0.350. The normalized spacial score (nSPS) is 26.0. The van der Waals surface area contributed by atoms with E-state index in [9.17, 15) is 0 Å². The molecule has 0 bridgehead atoms. The van der Waals surface area contributed by atoms with Crippen LogP contribution in [0, 0.1) is 11.8 Å². The fourth-order valence-electron chi connectivity index (χ4n) is 3.29. The molecule has 112 valence electrons. The number of nitrogen functional groups attached to an aromatic ring is 1. The molecule has 0 saturated heterocycles. The van der Waals surface area contributed by atoms with Crippen molar-refractivity contribution in [2.75, 3.05) is 5.73 Å². The first-order valence-corrected chi connectivity index (χ1v) is 7.77. The number of anilines is 1. The molecule has 0 radical (unpaired) electrons. The Morgan fingerprint density at radius 2 is 2.10 bits per heavy atom. The van der Waals surface area contributed by atoms with Crippen LogP contribution in [0.1, 0.15) is 39.2 Å². The molecule has 21 heavy (non-hydrogen) atoms. The van der Waals surface area contributed by atoms with Crippen LogP contribution in [0.5, 0.6) is 0 Å². The second kappa shape index (κ2) is 5.64. The van der Waals surface area contributed by atoms with E-state index >= 15 is 0 Å². The van der Waals surface area contributed by atoms with Crippen molar-refractivity contribution in [1.29, 1.82) is 0 Å². The molecule has 6 heteroatoms. The molecule has 1 aromatic heterocycles. The van der Waals surface area contributed by atoms with E-state index < -0.39 is 0 Å². The van der Waals surface area contributed by atoms with Crippen molar-refractivity contribution < 1.29 is 0 Å². The standard InChI is InChI=1S/C15H20ClN5/c1-9-3-6-14(10(2)7-9)21-15(18-19-20-21)11-4-5-13(17)12(16)8-11/h4-5,8-10,14H,3,6-7,17H2,1-2H3. The van der Waals surface area contributed by atoms with Crippen LogP contribution in [-0.4, -0.2) is 20.2 Å². The van der Waals surface area contributed by atoms with Crippen LogP contribution in [0.15, 0.2) is 18.2 Å². The van der Waals surface area contributed by atoms with E-state index in [1.54, 1.807) is 6.07 Å². The highest BCUT2D eigenvalue weighted by Gasteiger charge is 2.29. The molecule has 0 aliphatic heterocycles. The molecule has 1 aromatic carbocycles. The number of benzene rings is 1. The lowest BCUT2D eigenvalue weighted by molar-refractivity contribution is 0.194. The maximum Gasteiger partial charge on any atom is 0.182 e. The quantitative estimate of drug-likeness (QED) is 0.861. The molecule has 0 spiro atoms. The second-order valence-electron chi connectivity index (χ2n) is 6.15. The minimum Gasteiger partial charge on any atom is -0.398 e. The minimum absolute atomic E-state index is 0.350. The molecule has 1 fully saturated rings. The van der Waals surface area contributed by atoms with Crippen LogP contribution in [0.4, 0.5) is 5.69 Å². The molecule has 1 heterocycles. The van der Waals surface area contributed by atoms with Crippen molar-refractivity contribution in [2.24, 2.45) is 11.8 Å². The lowest BCUT2D eigenvalue weighted by Crippen LogP contribution is -2.26. The SMILES string of the molecule is CC1CCC(n2nnnc2-c2ccc(N)c(Cl)c2)C(C)C1. The number of nitrogens with zero attached hydrogens (tertiary/aromatic N) is 4. The Morgan fingerprint density at radius 1 is 1.29 bits per heavy atom. The fourth-order valence-corrected chi connectivity index (χ4v) is 3.47. The van der Waals surface area contributed by atoms with Gasteiger partial charge in [0.15, 0.2) is 5.82 Å². The third-order valence-corrected chi connectivity index (χ3v) is 4.78. The third kappa shape index (κ3) is 2.75. The van der Waals surface area contributed by atoms with Crippen LogP contribution in [0.25, 0.3) is 11.4 Å².